The van der Waals surface area contributed by atoms with E-state index < -0.39 is 23.1 Å². The number of aliphatic carboxylic acids is 2. The van der Waals surface area contributed by atoms with Crippen LogP contribution >= 0.6 is 0 Å². The molecule has 0 amide bonds. The van der Waals surface area contributed by atoms with Crippen LogP contribution in [0.4, 0.5) is 0 Å². The van der Waals surface area contributed by atoms with Gasteiger partial charge in [-0.3, -0.25) is 9.59 Å². The highest BCUT2D eigenvalue weighted by atomic mass is 16.7. The molecule has 0 bridgehead atoms. The van der Waals surface area contributed by atoms with Crippen molar-refractivity contribution in [3.63, 3.8) is 0 Å². The van der Waals surface area contributed by atoms with Crippen LogP contribution in [-0.2, 0) is 19.1 Å². The molecular weight excluding hydrogens is 264 g/mol. The molecule has 2 N–H and O–H groups in total. The Kier molecular flexibility index (Phi) is 5.15. The Morgan fingerprint density at radius 2 is 1.30 bits per heavy atom. The molecule has 1 heterocycles. The van der Waals surface area contributed by atoms with Crippen molar-refractivity contribution in [3.05, 3.63) is 0 Å². The number of hydrogen-bond donors (Lipinski definition) is 2. The standard InChI is InChI=1S/C14H24O6/c1-9(2)5-14(6-10(3)4)19-7-13(8-20-14,11(15)16)12(17)18/h9-10H,5-8H2,1-4H3,(H,15,16)(H,17,18). The summed E-state index contributed by atoms with van der Waals surface area (Å²) in [5, 5.41) is 18.3. The van der Waals surface area contributed by atoms with Crippen LogP contribution in [0.5, 0.6) is 0 Å². The van der Waals surface area contributed by atoms with Crippen molar-refractivity contribution < 1.29 is 29.3 Å². The van der Waals surface area contributed by atoms with Gasteiger partial charge in [0.1, 0.15) is 0 Å². The zero-order valence-electron chi connectivity index (χ0n) is 12.5. The van der Waals surface area contributed by atoms with Crippen LogP contribution in [0.3, 0.4) is 0 Å². The van der Waals surface area contributed by atoms with E-state index in [1.165, 1.54) is 0 Å². The fraction of sp³-hybridized carbons (Fsp3) is 0.857. The minimum Gasteiger partial charge on any atom is -0.480 e. The summed E-state index contributed by atoms with van der Waals surface area (Å²) in [6, 6.07) is 0. The van der Waals surface area contributed by atoms with Crippen LogP contribution in [0.25, 0.3) is 0 Å². The van der Waals surface area contributed by atoms with Crippen LogP contribution in [0.15, 0.2) is 0 Å². The Hall–Kier alpha value is -1.14. The largest absolute Gasteiger partial charge is 0.480 e. The first kappa shape index (κ1) is 16.9. The molecule has 6 heteroatoms. The van der Waals surface area contributed by atoms with Gasteiger partial charge < -0.3 is 19.7 Å². The van der Waals surface area contributed by atoms with Gasteiger partial charge in [0.25, 0.3) is 0 Å². The Morgan fingerprint density at radius 1 is 0.950 bits per heavy atom. The maximum Gasteiger partial charge on any atom is 0.325 e. The number of carboxylic acids is 2. The molecule has 1 fully saturated rings. The van der Waals surface area contributed by atoms with E-state index in [4.69, 9.17) is 19.7 Å². The highest BCUT2D eigenvalue weighted by Crippen LogP contribution is 2.38. The summed E-state index contributed by atoms with van der Waals surface area (Å²) in [5.41, 5.74) is -2.00. The molecule has 0 unspecified atom stereocenters. The smallest absolute Gasteiger partial charge is 0.325 e. The van der Waals surface area contributed by atoms with E-state index in [0.29, 0.717) is 24.7 Å². The van der Waals surface area contributed by atoms with Crippen LogP contribution < -0.4 is 0 Å². The van der Waals surface area contributed by atoms with E-state index in [2.05, 4.69) is 0 Å². The predicted octanol–water partition coefficient (Wildman–Crippen LogP) is 1.98. The van der Waals surface area contributed by atoms with Crippen LogP contribution in [0, 0.1) is 17.3 Å². The van der Waals surface area contributed by atoms with Gasteiger partial charge in [0.2, 0.25) is 5.41 Å². The van der Waals surface area contributed by atoms with Crippen molar-refractivity contribution in [3.8, 4) is 0 Å². The Balaban J connectivity index is 2.91. The molecule has 0 radical (unpaired) electrons. The highest BCUT2D eigenvalue weighted by Gasteiger charge is 2.54. The molecule has 0 spiro atoms. The Morgan fingerprint density at radius 3 is 1.55 bits per heavy atom. The van der Waals surface area contributed by atoms with E-state index in [-0.39, 0.29) is 13.2 Å². The van der Waals surface area contributed by atoms with Gasteiger partial charge in [-0.25, -0.2) is 0 Å². The summed E-state index contributed by atoms with van der Waals surface area (Å²) in [5.74, 6) is -3.12. The van der Waals surface area contributed by atoms with Crippen molar-refractivity contribution in [1.82, 2.24) is 0 Å². The third-order valence-corrected chi connectivity index (χ3v) is 3.42. The average Bonchev–Trinajstić information content (AvgIpc) is 2.27. The zero-order chi connectivity index (χ0) is 15.6. The number of hydrogen-bond acceptors (Lipinski definition) is 4. The number of rotatable bonds is 6. The Labute approximate surface area is 119 Å². The third kappa shape index (κ3) is 3.49. The van der Waals surface area contributed by atoms with Crippen molar-refractivity contribution in [1.29, 1.82) is 0 Å². The van der Waals surface area contributed by atoms with Gasteiger partial charge in [0.15, 0.2) is 5.79 Å². The van der Waals surface area contributed by atoms with Crippen LogP contribution in [0.1, 0.15) is 40.5 Å². The topological polar surface area (TPSA) is 93.1 Å². The van der Waals surface area contributed by atoms with E-state index in [1.807, 2.05) is 27.7 Å². The van der Waals surface area contributed by atoms with Gasteiger partial charge in [0.05, 0.1) is 13.2 Å². The second kappa shape index (κ2) is 6.10. The number of ether oxygens (including phenoxy) is 2. The fourth-order valence-corrected chi connectivity index (χ4v) is 2.49. The summed E-state index contributed by atoms with van der Waals surface area (Å²) >= 11 is 0. The van der Waals surface area contributed by atoms with Gasteiger partial charge in [-0.1, -0.05) is 27.7 Å². The molecule has 0 atom stereocenters. The van der Waals surface area contributed by atoms with Gasteiger partial charge in [-0.15, -0.1) is 0 Å². The molecule has 0 saturated carbocycles. The van der Waals surface area contributed by atoms with Crippen molar-refractivity contribution in [2.45, 2.75) is 46.3 Å². The minimum atomic E-state index is -2.00. The van der Waals surface area contributed by atoms with Crippen LogP contribution in [0.2, 0.25) is 0 Å². The van der Waals surface area contributed by atoms with E-state index in [9.17, 15) is 9.59 Å². The summed E-state index contributed by atoms with van der Waals surface area (Å²) in [4.78, 5) is 22.5. The molecule has 0 aromatic carbocycles. The third-order valence-electron chi connectivity index (χ3n) is 3.42. The molecule has 0 aromatic rings. The van der Waals surface area contributed by atoms with Crippen molar-refractivity contribution in [2.75, 3.05) is 13.2 Å². The second-order valence-electron chi connectivity index (χ2n) is 6.38. The summed E-state index contributed by atoms with van der Waals surface area (Å²) < 4.78 is 11.3. The minimum absolute atomic E-state index is 0.302. The molecule has 1 rings (SSSR count). The molecule has 1 aliphatic rings. The Bertz CT molecular complexity index is 338. The lowest BCUT2D eigenvalue weighted by molar-refractivity contribution is -0.310. The van der Waals surface area contributed by atoms with Gasteiger partial charge in [-0.05, 0) is 11.8 Å². The normalized spacial score (nSPS) is 21.1. The van der Waals surface area contributed by atoms with Gasteiger partial charge >= 0.3 is 11.9 Å². The van der Waals surface area contributed by atoms with E-state index in [0.717, 1.165) is 0 Å². The fourth-order valence-electron chi connectivity index (χ4n) is 2.49. The second-order valence-corrected chi connectivity index (χ2v) is 6.38. The average molecular weight is 288 g/mol. The highest BCUT2D eigenvalue weighted by molar-refractivity contribution is 5.98. The van der Waals surface area contributed by atoms with Gasteiger partial charge in [-0.2, -0.15) is 0 Å². The maximum atomic E-state index is 11.2. The van der Waals surface area contributed by atoms with E-state index in [1.54, 1.807) is 0 Å². The van der Waals surface area contributed by atoms with Crippen molar-refractivity contribution in [2.24, 2.45) is 17.3 Å². The molecule has 20 heavy (non-hydrogen) atoms. The van der Waals surface area contributed by atoms with Crippen molar-refractivity contribution >= 4 is 11.9 Å². The first-order valence-corrected chi connectivity index (χ1v) is 6.88. The lowest BCUT2D eigenvalue weighted by Gasteiger charge is -2.44. The predicted molar refractivity (Wildman–Crippen MR) is 71.2 cm³/mol. The quantitative estimate of drug-likeness (QED) is 0.726. The monoisotopic (exact) mass is 288 g/mol. The SMILES string of the molecule is CC(C)CC1(CC(C)C)OCC(C(=O)O)(C(=O)O)CO1. The molecule has 6 nitrogen and oxygen atoms in total. The van der Waals surface area contributed by atoms with E-state index >= 15 is 0 Å². The van der Waals surface area contributed by atoms with Crippen LogP contribution in [-0.4, -0.2) is 41.2 Å². The molecule has 1 aliphatic heterocycles. The summed E-state index contributed by atoms with van der Waals surface area (Å²) in [7, 11) is 0. The van der Waals surface area contributed by atoms with Gasteiger partial charge in [0, 0.05) is 12.8 Å². The molecular formula is C14H24O6. The maximum absolute atomic E-state index is 11.2. The molecule has 116 valence electrons. The zero-order valence-corrected chi connectivity index (χ0v) is 12.5. The molecule has 0 aromatic heterocycles. The lowest BCUT2D eigenvalue weighted by atomic mass is 9.86. The lowest BCUT2D eigenvalue weighted by Crippen LogP contribution is -2.57. The molecule has 1 saturated heterocycles. The summed E-state index contributed by atoms with van der Waals surface area (Å²) in [6.45, 7) is 7.35. The number of carbonyl (C=O) groups is 2. The summed E-state index contributed by atoms with van der Waals surface area (Å²) in [6.07, 6.45) is 1.22. The first-order chi connectivity index (χ1) is 9.13. The number of carboxylic acid groups (broad SMARTS) is 2. The molecule has 0 aliphatic carbocycles. The first-order valence-electron chi connectivity index (χ1n) is 6.88.